The summed E-state index contributed by atoms with van der Waals surface area (Å²) in [6.07, 6.45) is 1.10. The highest BCUT2D eigenvalue weighted by atomic mass is 16.6. The van der Waals surface area contributed by atoms with Gasteiger partial charge in [-0.25, -0.2) is 9.59 Å². The minimum absolute atomic E-state index is 0.0936. The van der Waals surface area contributed by atoms with Crippen molar-refractivity contribution in [3.63, 3.8) is 0 Å². The molecule has 0 atom stereocenters. The standard InChI is InChI=1S/C24H28O7/c1-16-10-12-18(13-11-16)29-14-17-8-7-9-19(21(17)23(26)31-24(2,3)4)30-20(15-27-5)22(25)28-6/h7-13,15H,14H2,1-6H3. The molecule has 0 unspecified atom stereocenters. The number of hydrogen-bond donors (Lipinski definition) is 0. The predicted octanol–water partition coefficient (Wildman–Crippen LogP) is 4.57. The Morgan fingerprint density at radius 2 is 1.68 bits per heavy atom. The van der Waals surface area contributed by atoms with Crippen LogP contribution in [0.15, 0.2) is 54.5 Å². The Kier molecular flexibility index (Phi) is 8.07. The Balaban J connectivity index is 2.42. The molecule has 166 valence electrons. The second-order valence-corrected chi connectivity index (χ2v) is 7.71. The second-order valence-electron chi connectivity index (χ2n) is 7.71. The maximum atomic E-state index is 13.0. The van der Waals surface area contributed by atoms with E-state index in [1.165, 1.54) is 14.2 Å². The number of methoxy groups -OCH3 is 2. The second kappa shape index (κ2) is 10.5. The summed E-state index contributed by atoms with van der Waals surface area (Å²) in [5.74, 6) is -0.800. The van der Waals surface area contributed by atoms with Gasteiger partial charge in [-0.15, -0.1) is 0 Å². The van der Waals surface area contributed by atoms with Crippen molar-refractivity contribution in [2.45, 2.75) is 39.9 Å². The molecule has 0 aliphatic carbocycles. The molecule has 0 radical (unpaired) electrons. The fourth-order valence-electron chi connectivity index (χ4n) is 2.58. The van der Waals surface area contributed by atoms with Gasteiger partial charge in [0, 0.05) is 5.56 Å². The lowest BCUT2D eigenvalue weighted by Gasteiger charge is -2.22. The average molecular weight is 428 g/mol. The molecule has 0 fully saturated rings. The summed E-state index contributed by atoms with van der Waals surface area (Å²) >= 11 is 0. The third-order valence-corrected chi connectivity index (χ3v) is 3.96. The van der Waals surface area contributed by atoms with Crippen LogP contribution in [0, 0.1) is 6.92 Å². The average Bonchev–Trinajstić information content (AvgIpc) is 2.71. The van der Waals surface area contributed by atoms with Crippen molar-refractivity contribution in [3.05, 3.63) is 71.2 Å². The van der Waals surface area contributed by atoms with Crippen molar-refractivity contribution >= 4 is 11.9 Å². The number of esters is 2. The van der Waals surface area contributed by atoms with Crippen LogP contribution in [0.1, 0.15) is 42.3 Å². The maximum Gasteiger partial charge on any atom is 0.377 e. The van der Waals surface area contributed by atoms with E-state index >= 15 is 0 Å². The zero-order chi connectivity index (χ0) is 23.0. The molecule has 0 saturated carbocycles. The molecule has 0 heterocycles. The van der Waals surface area contributed by atoms with E-state index in [-0.39, 0.29) is 23.7 Å². The van der Waals surface area contributed by atoms with E-state index in [0.29, 0.717) is 11.3 Å². The van der Waals surface area contributed by atoms with E-state index in [0.717, 1.165) is 11.8 Å². The lowest BCUT2D eigenvalue weighted by molar-refractivity contribution is -0.138. The van der Waals surface area contributed by atoms with Gasteiger partial charge in [0.15, 0.2) is 0 Å². The summed E-state index contributed by atoms with van der Waals surface area (Å²) in [5.41, 5.74) is 1.06. The molecule has 0 amide bonds. The van der Waals surface area contributed by atoms with Crippen molar-refractivity contribution in [1.29, 1.82) is 0 Å². The molecule has 0 bridgehead atoms. The van der Waals surface area contributed by atoms with Crippen LogP contribution in [0.4, 0.5) is 0 Å². The smallest absolute Gasteiger partial charge is 0.377 e. The molecule has 7 nitrogen and oxygen atoms in total. The van der Waals surface area contributed by atoms with E-state index < -0.39 is 17.5 Å². The molecular weight excluding hydrogens is 400 g/mol. The highest BCUT2D eigenvalue weighted by molar-refractivity contribution is 5.95. The van der Waals surface area contributed by atoms with Crippen molar-refractivity contribution in [2.24, 2.45) is 0 Å². The third kappa shape index (κ3) is 7.06. The van der Waals surface area contributed by atoms with Gasteiger partial charge in [0.2, 0.25) is 5.76 Å². The van der Waals surface area contributed by atoms with Crippen LogP contribution in [0.5, 0.6) is 11.5 Å². The molecule has 0 N–H and O–H groups in total. The number of benzene rings is 2. The van der Waals surface area contributed by atoms with Crippen LogP contribution < -0.4 is 9.47 Å². The third-order valence-electron chi connectivity index (χ3n) is 3.96. The Morgan fingerprint density at radius 3 is 2.26 bits per heavy atom. The van der Waals surface area contributed by atoms with Gasteiger partial charge in [0.05, 0.1) is 14.2 Å². The zero-order valence-electron chi connectivity index (χ0n) is 18.7. The minimum atomic E-state index is -0.752. The molecule has 0 spiro atoms. The molecule has 0 aromatic heterocycles. The molecule has 7 heteroatoms. The lowest BCUT2D eigenvalue weighted by Crippen LogP contribution is -2.25. The van der Waals surface area contributed by atoms with Crippen molar-refractivity contribution < 1.29 is 33.3 Å². The molecule has 2 rings (SSSR count). The quantitative estimate of drug-likeness (QED) is 0.346. The van der Waals surface area contributed by atoms with Crippen LogP contribution >= 0.6 is 0 Å². The first-order valence-electron chi connectivity index (χ1n) is 9.68. The van der Waals surface area contributed by atoms with E-state index in [4.69, 9.17) is 23.7 Å². The van der Waals surface area contributed by atoms with Gasteiger partial charge in [-0.3, -0.25) is 0 Å². The van der Waals surface area contributed by atoms with Gasteiger partial charge in [0.1, 0.15) is 35.5 Å². The normalized spacial score (nSPS) is 11.5. The number of ether oxygens (including phenoxy) is 5. The number of carbonyl (C=O) groups is 2. The minimum Gasteiger partial charge on any atom is -0.500 e. The first-order valence-corrected chi connectivity index (χ1v) is 9.68. The summed E-state index contributed by atoms with van der Waals surface area (Å²) in [5, 5.41) is 0. The van der Waals surface area contributed by atoms with Gasteiger partial charge in [-0.2, -0.15) is 0 Å². The first-order chi connectivity index (χ1) is 14.6. The topological polar surface area (TPSA) is 80.3 Å². The molecule has 2 aromatic carbocycles. The first kappa shape index (κ1) is 23.8. The number of hydrogen-bond acceptors (Lipinski definition) is 7. The van der Waals surface area contributed by atoms with Crippen molar-refractivity contribution in [1.82, 2.24) is 0 Å². The highest BCUT2D eigenvalue weighted by Gasteiger charge is 2.26. The molecule has 31 heavy (non-hydrogen) atoms. The van der Waals surface area contributed by atoms with Gasteiger partial charge >= 0.3 is 11.9 Å². The summed E-state index contributed by atoms with van der Waals surface area (Å²) in [4.78, 5) is 25.0. The fraction of sp³-hybridized carbons (Fsp3) is 0.333. The van der Waals surface area contributed by atoms with E-state index in [1.54, 1.807) is 39.0 Å². The van der Waals surface area contributed by atoms with E-state index in [1.807, 2.05) is 31.2 Å². The summed E-state index contributed by atoms with van der Waals surface area (Å²) in [6, 6.07) is 12.5. The Bertz CT molecular complexity index is 937. The molecule has 0 aliphatic rings. The van der Waals surface area contributed by atoms with Crippen LogP contribution in [-0.4, -0.2) is 31.8 Å². The van der Waals surface area contributed by atoms with Gasteiger partial charge in [-0.05, 0) is 45.9 Å². The molecule has 2 aromatic rings. The van der Waals surface area contributed by atoms with Crippen molar-refractivity contribution in [2.75, 3.05) is 14.2 Å². The van der Waals surface area contributed by atoms with E-state index in [9.17, 15) is 9.59 Å². The van der Waals surface area contributed by atoms with Crippen LogP contribution in [0.3, 0.4) is 0 Å². The molecule has 0 saturated heterocycles. The Labute approximate surface area is 182 Å². The number of rotatable bonds is 8. The van der Waals surface area contributed by atoms with Crippen LogP contribution in [0.25, 0.3) is 0 Å². The van der Waals surface area contributed by atoms with Gasteiger partial charge in [0.25, 0.3) is 0 Å². The SMILES string of the molecule is COC=C(Oc1cccc(COc2ccc(C)cc2)c1C(=O)OC(C)(C)C)C(=O)OC. The molecule has 0 aliphatic heterocycles. The monoisotopic (exact) mass is 428 g/mol. The Morgan fingerprint density at radius 1 is 1.00 bits per heavy atom. The predicted molar refractivity (Wildman–Crippen MR) is 115 cm³/mol. The van der Waals surface area contributed by atoms with Gasteiger partial charge < -0.3 is 23.7 Å². The number of carbonyl (C=O) groups excluding carboxylic acids is 2. The maximum absolute atomic E-state index is 13.0. The van der Waals surface area contributed by atoms with Crippen LogP contribution in [-0.2, 0) is 25.6 Å². The zero-order valence-corrected chi connectivity index (χ0v) is 18.7. The fourth-order valence-corrected chi connectivity index (χ4v) is 2.58. The van der Waals surface area contributed by atoms with Gasteiger partial charge in [-0.1, -0.05) is 29.8 Å². The summed E-state index contributed by atoms with van der Waals surface area (Å²) < 4.78 is 26.7. The Hall–Kier alpha value is -3.48. The van der Waals surface area contributed by atoms with Crippen molar-refractivity contribution in [3.8, 4) is 11.5 Å². The lowest BCUT2D eigenvalue weighted by atomic mass is 10.1. The van der Waals surface area contributed by atoms with Crippen LogP contribution in [0.2, 0.25) is 0 Å². The summed E-state index contributed by atoms with van der Waals surface area (Å²) in [7, 11) is 2.59. The summed E-state index contributed by atoms with van der Waals surface area (Å²) in [6.45, 7) is 7.37. The molecular formula is C24H28O7. The number of aryl methyl sites for hydroxylation is 1. The van der Waals surface area contributed by atoms with E-state index in [2.05, 4.69) is 0 Å². The largest absolute Gasteiger partial charge is 0.500 e. The highest BCUT2D eigenvalue weighted by Crippen LogP contribution is 2.28.